The number of benzene rings is 6. The molecule has 54 heteroatoms. The van der Waals surface area contributed by atoms with Gasteiger partial charge in [0.1, 0.15) is 89.2 Å². The summed E-state index contributed by atoms with van der Waals surface area (Å²) in [6.07, 6.45) is 14.5. The molecular weight excluding hydrogens is 1960 g/mol. The van der Waals surface area contributed by atoms with Gasteiger partial charge < -0.3 is 62.8 Å². The lowest BCUT2D eigenvalue weighted by atomic mass is 10.1. The van der Waals surface area contributed by atoms with Crippen molar-refractivity contribution in [3.63, 3.8) is 0 Å². The van der Waals surface area contributed by atoms with E-state index in [1.54, 1.807) is 122 Å². The van der Waals surface area contributed by atoms with Gasteiger partial charge in [-0.3, -0.25) is 16.8 Å². The highest BCUT2D eigenvalue weighted by Gasteiger charge is 2.32. The molecular formula is C77H106N12O30S12. The summed E-state index contributed by atoms with van der Waals surface area (Å²) < 4.78 is 312. The second kappa shape index (κ2) is 48.0. The van der Waals surface area contributed by atoms with Gasteiger partial charge in [0.05, 0.1) is 145 Å². The number of amidine groups is 6. The van der Waals surface area contributed by atoms with Gasteiger partial charge in [0, 0.05) is 58.1 Å². The van der Waals surface area contributed by atoms with E-state index in [9.17, 15) is 92.6 Å². The highest BCUT2D eigenvalue weighted by Crippen LogP contribution is 2.35. The van der Waals surface area contributed by atoms with Gasteiger partial charge in [0.25, 0.3) is 80.4 Å². The summed E-state index contributed by atoms with van der Waals surface area (Å²) in [6.45, 7) is 2.35. The third kappa shape index (κ3) is 37.9. The molecule has 726 valence electrons. The van der Waals surface area contributed by atoms with Gasteiger partial charge in [-0.25, -0.2) is 67.3 Å². The van der Waals surface area contributed by atoms with Crippen molar-refractivity contribution in [2.24, 2.45) is 60.8 Å². The predicted molar refractivity (Wildman–Crippen MR) is 501 cm³/mol. The smallest absolute Gasteiger partial charge is 0.264 e. The van der Waals surface area contributed by atoms with Crippen LogP contribution in [0.3, 0.4) is 0 Å². The van der Waals surface area contributed by atoms with Crippen LogP contribution in [-0.4, -0.2) is 241 Å². The Morgan fingerprint density at radius 3 is 0.702 bits per heavy atom. The number of fused-ring (bicyclic) bond motifs is 6. The van der Waals surface area contributed by atoms with Gasteiger partial charge in [0.2, 0.25) is 0 Å². The Bertz CT molecular complexity index is 6620. The van der Waals surface area contributed by atoms with Crippen LogP contribution in [0.1, 0.15) is 137 Å². The minimum Gasteiger partial charge on any atom is -0.493 e. The molecule has 6 aromatic rings. The van der Waals surface area contributed by atoms with Crippen LogP contribution >= 0.6 is 0 Å². The van der Waals surface area contributed by atoms with Gasteiger partial charge in [-0.1, -0.05) is 72.8 Å². The molecule has 0 saturated carbocycles. The Balaban J connectivity index is 0.000000215. The van der Waals surface area contributed by atoms with Gasteiger partial charge >= 0.3 is 0 Å². The second-order valence-electron chi connectivity index (χ2n) is 29.8. The summed E-state index contributed by atoms with van der Waals surface area (Å²) in [5.74, 6) is 2.72. The van der Waals surface area contributed by atoms with Crippen LogP contribution in [0.15, 0.2) is 136 Å². The second-order valence-corrected chi connectivity index (χ2v) is 50.5. The number of hydrogen-bond donors (Lipinski definition) is 6. The van der Waals surface area contributed by atoms with Crippen LogP contribution in [0.5, 0.6) is 34.5 Å². The third-order valence-electron chi connectivity index (χ3n) is 18.1. The van der Waals surface area contributed by atoms with Gasteiger partial charge in [-0.15, -0.1) is 26.4 Å². The molecule has 0 aromatic heterocycles. The zero-order chi connectivity index (χ0) is 97.1. The molecule has 0 fully saturated rings. The Morgan fingerprint density at radius 2 is 0.466 bits per heavy atom. The Kier molecular flexibility index (Phi) is 39.8. The van der Waals surface area contributed by atoms with Gasteiger partial charge in [-0.2, -0.15) is 16.8 Å². The first-order valence-corrected chi connectivity index (χ1v) is 60.5. The average molecular weight is 2060 g/mol. The number of sulfonamides is 6. The number of sulfone groups is 2. The molecule has 2 atom stereocenters. The van der Waals surface area contributed by atoms with E-state index < -0.39 is 122 Å². The summed E-state index contributed by atoms with van der Waals surface area (Å²) >= 11 is 0. The topological polar surface area (TPSA) is 680 Å². The Morgan fingerprint density at radius 1 is 0.275 bits per heavy atom. The zero-order valence-corrected chi connectivity index (χ0v) is 82.0. The molecule has 6 heterocycles. The van der Waals surface area contributed by atoms with Crippen LogP contribution in [0.25, 0.3) is 0 Å². The summed E-state index contributed by atoms with van der Waals surface area (Å²) in [6, 6.07) is 30.5. The van der Waals surface area contributed by atoms with Crippen LogP contribution < -0.4 is 62.8 Å². The normalized spacial score (nSPS) is 17.0. The van der Waals surface area contributed by atoms with E-state index in [-0.39, 0.29) is 101 Å². The van der Waals surface area contributed by atoms with Crippen molar-refractivity contribution in [2.45, 2.75) is 105 Å². The monoisotopic (exact) mass is 2060 g/mol. The van der Waals surface area contributed by atoms with E-state index in [0.717, 1.165) is 38.0 Å². The fourth-order valence-corrected chi connectivity index (χ4v) is 22.6. The first kappa shape index (κ1) is 109. The van der Waals surface area contributed by atoms with Crippen LogP contribution in [0.4, 0.5) is 0 Å². The van der Waals surface area contributed by atoms with E-state index in [4.69, 9.17) is 62.8 Å². The molecule has 42 nitrogen and oxygen atoms in total. The van der Waals surface area contributed by atoms with Crippen LogP contribution in [0.2, 0.25) is 0 Å². The highest BCUT2D eigenvalue weighted by molar-refractivity contribution is 7.92. The van der Waals surface area contributed by atoms with Crippen molar-refractivity contribution >= 4 is 157 Å². The van der Waals surface area contributed by atoms with E-state index >= 15 is 0 Å². The molecule has 0 radical (unpaired) electrons. The zero-order valence-electron chi connectivity index (χ0n) is 72.2. The fourth-order valence-electron chi connectivity index (χ4n) is 12.7. The number of unbranched alkanes of at least 4 members (excludes halogenated alkanes) is 5. The molecule has 6 aliphatic heterocycles. The van der Waals surface area contributed by atoms with Crippen LogP contribution in [-0.2, 0) is 165 Å². The first-order valence-electron chi connectivity index (χ1n) is 39.6. The van der Waals surface area contributed by atoms with Crippen molar-refractivity contribution in [1.82, 2.24) is 0 Å². The number of rotatable bonds is 37. The quantitative estimate of drug-likeness (QED) is 0.0241. The minimum absolute atomic E-state index is 0.0264. The van der Waals surface area contributed by atoms with Crippen molar-refractivity contribution in [1.29, 1.82) is 0 Å². The largest absolute Gasteiger partial charge is 0.493 e. The molecule has 0 saturated heterocycles. The lowest BCUT2D eigenvalue weighted by Crippen LogP contribution is -2.25. The third-order valence-corrected chi connectivity index (χ3v) is 30.0. The molecule has 12 N–H and O–H groups in total. The molecule has 0 bridgehead atoms. The highest BCUT2D eigenvalue weighted by atomic mass is 32.2. The predicted octanol–water partition coefficient (Wildman–Crippen LogP) is 2.77. The molecule has 12 rings (SSSR count). The Hall–Kier alpha value is -9.34. The van der Waals surface area contributed by atoms with Crippen molar-refractivity contribution in [3.05, 3.63) is 176 Å². The standard InChI is InChI=1S/C14H20N2O6S2.C13H18N2O6S2.C13H18N2O5S2.C13H18N2O4S2.C12H16N2O5S2.C12H16N2O4S2/c1-23(17,18)22-9-4-2-3-8-21-12-7-5-6-11-10-24(19,20)16-14(15)13(11)12;1-22(16,17)21-8-3-2-7-20-11-6-4-5-10-9-23(18,19)15-13(14)12(10)11;1-21(16,17)8-3-2-7-20-11-6-4-5-10-9-22(18,19)15-13(14)12(10)11;1-20(16)8-3-2-7-19-11-6-4-5-10-9-21(17,18)15-13(14)12(10)11;1-20(15,16)7-3-6-19-10-5-2-4-9-8-21(17,18)14-12(13)11(9)10;1-19(15)7-3-6-18-10-5-2-4-9-8-20(16,17)14-12(13)11(9)10/h5-7H,2-4,8-10H2,1H3,(H2,15,16);4-6H,2-3,7-9H2,1H3,(H2,14,15);4-6H,2-3,7-9H2,1H3,(H2,14,15);4-6H,2-3,7-9H2,1H3,(H2,14,15);2,4-5H,3,6-8H2,1H3,(H2,13,14);2,4-5H,3,6-8H2,1H3,(H2,13,14). The lowest BCUT2D eigenvalue weighted by molar-refractivity contribution is 0.269. The van der Waals surface area contributed by atoms with E-state index in [1.807, 2.05) is 0 Å². The maximum Gasteiger partial charge on any atom is 0.264 e. The summed E-state index contributed by atoms with van der Waals surface area (Å²) in [4.78, 5) is 0. The van der Waals surface area contributed by atoms with E-state index in [1.165, 1.54) is 6.26 Å². The number of nitrogens with two attached hydrogens (primary N) is 6. The summed E-state index contributed by atoms with van der Waals surface area (Å²) in [5.41, 5.74) is 40.8. The average Bonchev–Trinajstić information content (AvgIpc) is 0.812. The molecule has 6 aromatic carbocycles. The molecule has 0 aliphatic carbocycles. The molecule has 131 heavy (non-hydrogen) atoms. The van der Waals surface area contributed by atoms with E-state index in [0.29, 0.717) is 197 Å². The molecule has 0 amide bonds. The number of nitrogens with zero attached hydrogens (tertiary/aromatic N) is 6. The molecule has 2 unspecified atom stereocenters. The summed E-state index contributed by atoms with van der Waals surface area (Å²) in [7, 11) is -35.8. The Labute approximate surface area is 769 Å². The van der Waals surface area contributed by atoms with Gasteiger partial charge in [0.15, 0.2) is 0 Å². The SMILES string of the molecule is CS(=O)(=O)CCCCOc1cccc2c1C(N)=NS(=O)(=O)C2.CS(=O)(=O)CCCOc1cccc2c1C(N)=NS(=O)(=O)C2.CS(=O)(=O)OCCCCCOc1cccc2c1C(N)=NS(=O)(=O)C2.CS(=O)(=O)OCCCCOc1cccc2c1C(N)=NS(=O)(=O)C2.CS(=O)CCCCOc1cccc2c1C(N)=NS(=O)(=O)C2.CS(=O)CCCOc1cccc2c1C(N)=NS(=O)(=O)C2. The fraction of sp³-hybridized carbons (Fsp3) is 0.455. The lowest BCUT2D eigenvalue weighted by Gasteiger charge is -2.18. The van der Waals surface area contributed by atoms with Crippen molar-refractivity contribution < 1.29 is 129 Å². The van der Waals surface area contributed by atoms with Crippen molar-refractivity contribution in [3.8, 4) is 34.5 Å². The van der Waals surface area contributed by atoms with E-state index in [2.05, 4.69) is 34.8 Å². The molecule has 0 spiro atoms. The maximum absolute atomic E-state index is 11.6. The first-order chi connectivity index (χ1) is 61.0. The van der Waals surface area contributed by atoms with Crippen LogP contribution in [0, 0.1) is 0 Å². The number of hydrogen-bond acceptors (Lipinski definition) is 36. The van der Waals surface area contributed by atoms with Crippen molar-refractivity contribution in [2.75, 3.05) is 113 Å². The van der Waals surface area contributed by atoms with Gasteiger partial charge in [-0.05, 0) is 140 Å². The molecule has 6 aliphatic rings. The number of ether oxygens (including phenoxy) is 6. The minimum atomic E-state index is -3.58. The maximum atomic E-state index is 11.6. The summed E-state index contributed by atoms with van der Waals surface area (Å²) in [5, 5.41) is 0.